The highest BCUT2D eigenvalue weighted by Crippen LogP contribution is 2.38. The number of benzene rings is 3. The van der Waals surface area contributed by atoms with Gasteiger partial charge in [0, 0.05) is 5.56 Å². The standard InChI is InChI=1S/C22H20N2O4/c1-27-18-11-5-7-14(20(18)25)13-24-17-10-4-3-9-16(17)23-22(24)15-8-6-12-19(28-2)21(15)26/h3-12,25-26H,13H2,1-2H3. The molecule has 0 spiro atoms. The van der Waals surface area contributed by atoms with Crippen molar-refractivity contribution in [3.63, 3.8) is 0 Å². The van der Waals surface area contributed by atoms with Crippen LogP contribution in [0.1, 0.15) is 5.56 Å². The fourth-order valence-electron chi connectivity index (χ4n) is 3.34. The molecule has 28 heavy (non-hydrogen) atoms. The van der Waals surface area contributed by atoms with Gasteiger partial charge in [-0.05, 0) is 30.3 Å². The predicted octanol–water partition coefficient (Wildman–Crippen LogP) is 4.18. The molecule has 0 aliphatic carbocycles. The number of phenols is 2. The first-order valence-corrected chi connectivity index (χ1v) is 8.80. The Labute approximate surface area is 162 Å². The summed E-state index contributed by atoms with van der Waals surface area (Å²) < 4.78 is 12.4. The molecule has 1 aromatic heterocycles. The van der Waals surface area contributed by atoms with Crippen molar-refractivity contribution in [1.82, 2.24) is 9.55 Å². The summed E-state index contributed by atoms with van der Waals surface area (Å²) >= 11 is 0. The Hall–Kier alpha value is -3.67. The lowest BCUT2D eigenvalue weighted by Gasteiger charge is -2.14. The van der Waals surface area contributed by atoms with Gasteiger partial charge < -0.3 is 24.3 Å². The second-order valence-corrected chi connectivity index (χ2v) is 6.33. The van der Waals surface area contributed by atoms with Gasteiger partial charge in [-0.2, -0.15) is 0 Å². The van der Waals surface area contributed by atoms with Gasteiger partial charge in [-0.25, -0.2) is 4.98 Å². The molecule has 6 heteroatoms. The van der Waals surface area contributed by atoms with E-state index in [2.05, 4.69) is 0 Å². The van der Waals surface area contributed by atoms with Gasteiger partial charge in [-0.1, -0.05) is 30.3 Å². The minimum Gasteiger partial charge on any atom is -0.504 e. The topological polar surface area (TPSA) is 76.7 Å². The molecule has 0 unspecified atom stereocenters. The van der Waals surface area contributed by atoms with Crippen LogP contribution in [0, 0.1) is 0 Å². The Balaban J connectivity index is 1.93. The van der Waals surface area contributed by atoms with E-state index in [9.17, 15) is 10.2 Å². The molecule has 0 atom stereocenters. The highest BCUT2D eigenvalue weighted by atomic mass is 16.5. The molecule has 0 fully saturated rings. The van der Waals surface area contributed by atoms with Crippen LogP contribution in [0.5, 0.6) is 23.0 Å². The maximum Gasteiger partial charge on any atom is 0.168 e. The van der Waals surface area contributed by atoms with Gasteiger partial charge in [-0.15, -0.1) is 0 Å². The highest BCUT2D eigenvalue weighted by Gasteiger charge is 2.19. The lowest BCUT2D eigenvalue weighted by molar-refractivity contribution is 0.370. The van der Waals surface area contributed by atoms with E-state index in [0.717, 1.165) is 11.0 Å². The molecule has 0 saturated heterocycles. The van der Waals surface area contributed by atoms with Crippen molar-refractivity contribution < 1.29 is 19.7 Å². The smallest absolute Gasteiger partial charge is 0.168 e. The molecule has 1 heterocycles. The molecule has 3 aromatic carbocycles. The van der Waals surface area contributed by atoms with Gasteiger partial charge in [0.25, 0.3) is 0 Å². The van der Waals surface area contributed by atoms with Crippen LogP contribution >= 0.6 is 0 Å². The van der Waals surface area contributed by atoms with Crippen molar-refractivity contribution in [2.45, 2.75) is 6.54 Å². The van der Waals surface area contributed by atoms with Crippen LogP contribution in [-0.4, -0.2) is 34.0 Å². The number of para-hydroxylation sites is 4. The van der Waals surface area contributed by atoms with Crippen LogP contribution in [0.4, 0.5) is 0 Å². The maximum atomic E-state index is 10.6. The van der Waals surface area contributed by atoms with Crippen LogP contribution in [0.3, 0.4) is 0 Å². The number of aromatic nitrogens is 2. The molecule has 4 aromatic rings. The zero-order chi connectivity index (χ0) is 19.7. The molecule has 0 bridgehead atoms. The van der Waals surface area contributed by atoms with Gasteiger partial charge in [0.15, 0.2) is 23.0 Å². The Morgan fingerprint density at radius 3 is 2.25 bits per heavy atom. The van der Waals surface area contributed by atoms with Gasteiger partial charge in [0.1, 0.15) is 5.82 Å². The number of hydrogen-bond donors (Lipinski definition) is 2. The number of fused-ring (bicyclic) bond motifs is 1. The zero-order valence-corrected chi connectivity index (χ0v) is 15.6. The van der Waals surface area contributed by atoms with Crippen LogP contribution in [-0.2, 0) is 6.54 Å². The molecule has 6 nitrogen and oxygen atoms in total. The van der Waals surface area contributed by atoms with Crippen molar-refractivity contribution in [3.05, 3.63) is 66.2 Å². The van der Waals surface area contributed by atoms with Crippen molar-refractivity contribution in [2.75, 3.05) is 14.2 Å². The van der Waals surface area contributed by atoms with E-state index in [1.54, 1.807) is 24.3 Å². The maximum absolute atomic E-state index is 10.6. The Kier molecular flexibility index (Phi) is 4.53. The van der Waals surface area contributed by atoms with Crippen LogP contribution in [0.2, 0.25) is 0 Å². The zero-order valence-electron chi connectivity index (χ0n) is 15.6. The minimum absolute atomic E-state index is 0.0245. The third-order valence-corrected chi connectivity index (χ3v) is 4.75. The number of aromatic hydroxyl groups is 2. The van der Waals surface area contributed by atoms with E-state index >= 15 is 0 Å². The van der Waals surface area contributed by atoms with Gasteiger partial charge >= 0.3 is 0 Å². The van der Waals surface area contributed by atoms with Crippen molar-refractivity contribution in [3.8, 4) is 34.4 Å². The van der Waals surface area contributed by atoms with E-state index < -0.39 is 0 Å². The predicted molar refractivity (Wildman–Crippen MR) is 107 cm³/mol. The summed E-state index contributed by atoms with van der Waals surface area (Å²) in [7, 11) is 3.03. The van der Waals surface area contributed by atoms with E-state index in [1.165, 1.54) is 14.2 Å². The second-order valence-electron chi connectivity index (χ2n) is 6.33. The molecule has 4 rings (SSSR count). The average molecular weight is 376 g/mol. The Morgan fingerprint density at radius 1 is 0.821 bits per heavy atom. The first kappa shape index (κ1) is 17.7. The molecular weight excluding hydrogens is 356 g/mol. The number of rotatable bonds is 5. The number of phenolic OH excluding ortho intramolecular Hbond substituents is 2. The fraction of sp³-hybridized carbons (Fsp3) is 0.136. The Bertz CT molecular complexity index is 1150. The summed E-state index contributed by atoms with van der Waals surface area (Å²) in [5.74, 6) is 1.48. The van der Waals surface area contributed by atoms with Crippen LogP contribution in [0.25, 0.3) is 22.4 Å². The van der Waals surface area contributed by atoms with E-state index in [-0.39, 0.29) is 11.5 Å². The normalized spacial score (nSPS) is 10.9. The fourth-order valence-corrected chi connectivity index (χ4v) is 3.34. The number of ether oxygens (including phenoxy) is 2. The van der Waals surface area contributed by atoms with E-state index in [1.807, 2.05) is 41.0 Å². The summed E-state index contributed by atoms with van der Waals surface area (Å²) in [4.78, 5) is 4.72. The average Bonchev–Trinajstić information content (AvgIpc) is 3.08. The quantitative estimate of drug-likeness (QED) is 0.546. The minimum atomic E-state index is 0.0245. The van der Waals surface area contributed by atoms with Crippen LogP contribution < -0.4 is 9.47 Å². The van der Waals surface area contributed by atoms with Gasteiger partial charge in [-0.3, -0.25) is 0 Å². The summed E-state index contributed by atoms with van der Waals surface area (Å²) in [6, 6.07) is 18.4. The van der Waals surface area contributed by atoms with Crippen LogP contribution in [0.15, 0.2) is 60.7 Å². The summed E-state index contributed by atoms with van der Waals surface area (Å²) in [5.41, 5.74) is 2.92. The summed E-state index contributed by atoms with van der Waals surface area (Å²) in [6.45, 7) is 0.357. The second kappa shape index (κ2) is 7.15. The van der Waals surface area contributed by atoms with Crippen molar-refractivity contribution in [2.24, 2.45) is 0 Å². The molecular formula is C22H20N2O4. The van der Waals surface area contributed by atoms with E-state index in [4.69, 9.17) is 14.5 Å². The lowest BCUT2D eigenvalue weighted by Crippen LogP contribution is -2.03. The summed E-state index contributed by atoms with van der Waals surface area (Å²) in [6.07, 6.45) is 0. The first-order chi connectivity index (χ1) is 13.6. The number of imidazole rings is 1. The van der Waals surface area contributed by atoms with E-state index in [0.29, 0.717) is 35.0 Å². The third kappa shape index (κ3) is 2.89. The monoisotopic (exact) mass is 376 g/mol. The molecule has 0 radical (unpaired) electrons. The molecule has 2 N–H and O–H groups in total. The molecule has 0 amide bonds. The SMILES string of the molecule is COc1cccc(Cn2c(-c3cccc(OC)c3O)nc3ccccc32)c1O. The number of nitrogens with zero attached hydrogens (tertiary/aromatic N) is 2. The molecule has 142 valence electrons. The summed E-state index contributed by atoms with van der Waals surface area (Å²) in [5, 5.41) is 21.2. The molecule has 0 aliphatic heterocycles. The Morgan fingerprint density at radius 2 is 1.50 bits per heavy atom. The molecule has 0 aliphatic rings. The number of hydrogen-bond acceptors (Lipinski definition) is 5. The third-order valence-electron chi connectivity index (χ3n) is 4.75. The first-order valence-electron chi connectivity index (χ1n) is 8.80. The van der Waals surface area contributed by atoms with Crippen molar-refractivity contribution >= 4 is 11.0 Å². The van der Waals surface area contributed by atoms with Gasteiger partial charge in [0.05, 0.1) is 37.4 Å². The lowest BCUT2D eigenvalue weighted by atomic mass is 10.1. The largest absolute Gasteiger partial charge is 0.504 e. The highest BCUT2D eigenvalue weighted by molar-refractivity contribution is 5.82. The molecule has 0 saturated carbocycles. The number of methoxy groups -OCH3 is 2. The van der Waals surface area contributed by atoms with Gasteiger partial charge in [0.2, 0.25) is 0 Å². The van der Waals surface area contributed by atoms with Crippen molar-refractivity contribution in [1.29, 1.82) is 0 Å².